The number of aliphatic carboxylic acids is 1. The van der Waals surface area contributed by atoms with Crippen LogP contribution >= 0.6 is 0 Å². The molecule has 0 radical (unpaired) electrons. The first-order chi connectivity index (χ1) is 16.6. The zero-order chi connectivity index (χ0) is 25.4. The third-order valence-corrected chi connectivity index (χ3v) is 7.46. The highest BCUT2D eigenvalue weighted by Gasteiger charge is 2.51. The molecule has 4 rings (SSSR count). The molecule has 0 aromatic heterocycles. The SMILES string of the molecule is CCC1(C(=O)O)CCCN1C(=O)C(NC(=O)OCC1c2ccccc2-c2ccccc21)C(C)(C)C. The molecule has 7 nitrogen and oxygen atoms in total. The number of ether oxygens (including phenoxy) is 1. The Kier molecular flexibility index (Phi) is 6.62. The first-order valence-corrected chi connectivity index (χ1v) is 12.3. The van der Waals surface area contributed by atoms with Crippen LogP contribution in [0.4, 0.5) is 4.79 Å². The number of amides is 2. The van der Waals surface area contributed by atoms with Gasteiger partial charge in [-0.05, 0) is 46.9 Å². The number of carboxylic acids is 1. The lowest BCUT2D eigenvalue weighted by Gasteiger charge is -2.39. The fraction of sp³-hybridized carbons (Fsp3) is 0.464. The molecular weight excluding hydrogens is 444 g/mol. The molecule has 2 aromatic carbocycles. The van der Waals surface area contributed by atoms with E-state index >= 15 is 0 Å². The lowest BCUT2D eigenvalue weighted by molar-refractivity contribution is -0.158. The molecule has 0 bridgehead atoms. The number of nitrogens with one attached hydrogen (secondary N) is 1. The summed E-state index contributed by atoms with van der Waals surface area (Å²) in [6.07, 6.45) is 0.660. The summed E-state index contributed by atoms with van der Waals surface area (Å²) < 4.78 is 5.67. The van der Waals surface area contributed by atoms with E-state index in [1.54, 1.807) is 6.92 Å². The molecule has 1 aliphatic carbocycles. The van der Waals surface area contributed by atoms with Gasteiger partial charge in [-0.25, -0.2) is 9.59 Å². The van der Waals surface area contributed by atoms with E-state index in [-0.39, 0.29) is 18.4 Å². The first kappa shape index (κ1) is 24.8. The van der Waals surface area contributed by atoms with E-state index in [9.17, 15) is 19.5 Å². The van der Waals surface area contributed by atoms with Crippen molar-refractivity contribution >= 4 is 18.0 Å². The molecular formula is C28H34N2O5. The van der Waals surface area contributed by atoms with Crippen LogP contribution in [0.5, 0.6) is 0 Å². The molecule has 0 spiro atoms. The molecule has 2 N–H and O–H groups in total. The number of nitrogens with zero attached hydrogens (tertiary/aromatic N) is 1. The van der Waals surface area contributed by atoms with Gasteiger partial charge in [0.15, 0.2) is 0 Å². The normalized spacial score (nSPS) is 20.2. The quantitative estimate of drug-likeness (QED) is 0.622. The van der Waals surface area contributed by atoms with E-state index in [0.717, 1.165) is 22.3 Å². The van der Waals surface area contributed by atoms with Gasteiger partial charge in [-0.2, -0.15) is 0 Å². The zero-order valence-corrected chi connectivity index (χ0v) is 20.8. The van der Waals surface area contributed by atoms with Crippen molar-refractivity contribution in [1.29, 1.82) is 0 Å². The van der Waals surface area contributed by atoms with Crippen LogP contribution in [0.3, 0.4) is 0 Å². The van der Waals surface area contributed by atoms with Gasteiger partial charge in [-0.15, -0.1) is 0 Å². The predicted molar refractivity (Wildman–Crippen MR) is 133 cm³/mol. The van der Waals surface area contributed by atoms with Crippen LogP contribution < -0.4 is 5.32 Å². The highest BCUT2D eigenvalue weighted by molar-refractivity contribution is 5.92. The van der Waals surface area contributed by atoms with Gasteiger partial charge in [0.2, 0.25) is 5.91 Å². The summed E-state index contributed by atoms with van der Waals surface area (Å²) in [5, 5.41) is 12.7. The van der Waals surface area contributed by atoms with Crippen LogP contribution in [0.15, 0.2) is 48.5 Å². The van der Waals surface area contributed by atoms with Crippen LogP contribution in [-0.2, 0) is 14.3 Å². The molecule has 2 unspecified atom stereocenters. The number of carboxylic acid groups (broad SMARTS) is 1. The fourth-order valence-electron chi connectivity index (χ4n) is 5.50. The Morgan fingerprint density at radius 1 is 1.09 bits per heavy atom. The minimum absolute atomic E-state index is 0.0877. The average molecular weight is 479 g/mol. The van der Waals surface area contributed by atoms with E-state index in [0.29, 0.717) is 25.8 Å². The number of hydrogen-bond donors (Lipinski definition) is 2. The Hall–Kier alpha value is -3.35. The predicted octanol–water partition coefficient (Wildman–Crippen LogP) is 4.80. The number of fused-ring (bicyclic) bond motifs is 3. The summed E-state index contributed by atoms with van der Waals surface area (Å²) in [5.41, 5.74) is 2.62. The smallest absolute Gasteiger partial charge is 0.407 e. The lowest BCUT2D eigenvalue weighted by atomic mass is 9.84. The molecule has 2 aromatic rings. The van der Waals surface area contributed by atoms with Crippen LogP contribution in [0.2, 0.25) is 0 Å². The number of carbonyl (C=O) groups is 3. The Bertz CT molecular complexity index is 1090. The molecule has 35 heavy (non-hydrogen) atoms. The monoisotopic (exact) mass is 478 g/mol. The molecule has 1 heterocycles. The summed E-state index contributed by atoms with van der Waals surface area (Å²) in [7, 11) is 0. The molecule has 2 atom stereocenters. The summed E-state index contributed by atoms with van der Waals surface area (Å²) >= 11 is 0. The summed E-state index contributed by atoms with van der Waals surface area (Å²) in [5.74, 6) is -1.47. The maximum atomic E-state index is 13.6. The van der Waals surface area contributed by atoms with E-state index in [2.05, 4.69) is 17.4 Å². The van der Waals surface area contributed by atoms with E-state index in [1.165, 1.54) is 4.90 Å². The molecule has 2 aliphatic rings. The van der Waals surface area contributed by atoms with Crippen LogP contribution in [-0.4, -0.2) is 52.7 Å². The molecule has 1 fully saturated rings. The van der Waals surface area contributed by atoms with Gasteiger partial charge in [0.1, 0.15) is 18.2 Å². The fourth-order valence-corrected chi connectivity index (χ4v) is 5.50. The molecule has 1 aliphatic heterocycles. The minimum Gasteiger partial charge on any atom is -0.479 e. The van der Waals surface area contributed by atoms with Gasteiger partial charge < -0.3 is 20.1 Å². The van der Waals surface area contributed by atoms with Crippen molar-refractivity contribution < 1.29 is 24.2 Å². The van der Waals surface area contributed by atoms with E-state index < -0.39 is 29.1 Å². The van der Waals surface area contributed by atoms with E-state index in [4.69, 9.17) is 4.74 Å². The summed E-state index contributed by atoms with van der Waals surface area (Å²) in [6.45, 7) is 7.84. The maximum Gasteiger partial charge on any atom is 0.407 e. The Morgan fingerprint density at radius 3 is 2.17 bits per heavy atom. The number of likely N-dealkylation sites (tertiary alicyclic amines) is 1. The van der Waals surface area contributed by atoms with Crippen molar-refractivity contribution in [3.63, 3.8) is 0 Å². The zero-order valence-electron chi connectivity index (χ0n) is 20.8. The van der Waals surface area contributed by atoms with Crippen LogP contribution in [0.1, 0.15) is 64.0 Å². The van der Waals surface area contributed by atoms with Crippen molar-refractivity contribution in [2.75, 3.05) is 13.2 Å². The average Bonchev–Trinajstić information content (AvgIpc) is 3.40. The van der Waals surface area contributed by atoms with Gasteiger partial charge in [0.05, 0.1) is 0 Å². The Morgan fingerprint density at radius 2 is 1.66 bits per heavy atom. The molecule has 7 heteroatoms. The number of benzene rings is 2. The highest BCUT2D eigenvalue weighted by Crippen LogP contribution is 2.44. The number of carbonyl (C=O) groups excluding carboxylic acids is 2. The largest absolute Gasteiger partial charge is 0.479 e. The van der Waals surface area contributed by atoms with E-state index in [1.807, 2.05) is 57.2 Å². The third-order valence-electron chi connectivity index (χ3n) is 7.46. The van der Waals surface area contributed by atoms with Gasteiger partial charge in [0, 0.05) is 12.5 Å². The second-order valence-electron chi connectivity index (χ2n) is 10.6. The second-order valence-corrected chi connectivity index (χ2v) is 10.6. The lowest BCUT2D eigenvalue weighted by Crippen LogP contribution is -2.61. The van der Waals surface area contributed by atoms with Crippen molar-refractivity contribution in [3.8, 4) is 11.1 Å². The van der Waals surface area contributed by atoms with Crippen molar-refractivity contribution in [1.82, 2.24) is 10.2 Å². The Balaban J connectivity index is 1.50. The first-order valence-electron chi connectivity index (χ1n) is 12.3. The van der Waals surface area contributed by atoms with Crippen LogP contribution in [0.25, 0.3) is 11.1 Å². The molecule has 1 saturated heterocycles. The highest BCUT2D eigenvalue weighted by atomic mass is 16.5. The molecule has 0 saturated carbocycles. The van der Waals surface area contributed by atoms with Gasteiger partial charge in [-0.1, -0.05) is 76.2 Å². The molecule has 186 valence electrons. The number of alkyl carbamates (subject to hydrolysis) is 1. The third kappa shape index (κ3) is 4.40. The van der Waals surface area contributed by atoms with Gasteiger partial charge in [-0.3, -0.25) is 4.79 Å². The second kappa shape index (κ2) is 9.36. The maximum absolute atomic E-state index is 13.6. The van der Waals surface area contributed by atoms with Crippen molar-refractivity contribution in [2.24, 2.45) is 5.41 Å². The van der Waals surface area contributed by atoms with Crippen molar-refractivity contribution in [3.05, 3.63) is 59.7 Å². The van der Waals surface area contributed by atoms with Crippen LogP contribution in [0, 0.1) is 5.41 Å². The topological polar surface area (TPSA) is 95.9 Å². The molecule has 2 amide bonds. The number of rotatable bonds is 6. The summed E-state index contributed by atoms with van der Waals surface area (Å²) in [6, 6.07) is 15.3. The van der Waals surface area contributed by atoms with Gasteiger partial charge >= 0.3 is 12.1 Å². The number of hydrogen-bond acceptors (Lipinski definition) is 4. The standard InChI is InChI=1S/C28H34N2O5/c1-5-28(25(32)33)15-10-16-30(28)24(31)23(27(2,3)4)29-26(34)35-17-22-20-13-8-6-11-18(20)19-12-7-9-14-21(19)22/h6-9,11-14,22-23H,5,10,15-17H2,1-4H3,(H,29,34)(H,32,33). The summed E-state index contributed by atoms with van der Waals surface area (Å²) in [4.78, 5) is 40.1. The van der Waals surface area contributed by atoms with Crippen molar-refractivity contribution in [2.45, 2.75) is 64.5 Å². The van der Waals surface area contributed by atoms with Gasteiger partial charge in [0.25, 0.3) is 0 Å². The minimum atomic E-state index is -1.23. The Labute approximate surface area is 206 Å².